The number of phenols is 1. The molecule has 54 heavy (non-hydrogen) atoms. The van der Waals surface area contributed by atoms with Gasteiger partial charge in [0.1, 0.15) is 17.6 Å². The lowest BCUT2D eigenvalue weighted by Gasteiger charge is -2.36. The third-order valence-electron chi connectivity index (χ3n) is 9.95. The Morgan fingerprint density at radius 1 is 0.907 bits per heavy atom. The second-order valence-electron chi connectivity index (χ2n) is 13.3. The van der Waals surface area contributed by atoms with Crippen LogP contribution in [0.15, 0.2) is 90.6 Å². The predicted molar refractivity (Wildman–Crippen MR) is 201 cm³/mol. The minimum absolute atomic E-state index is 0.0161. The van der Waals surface area contributed by atoms with Gasteiger partial charge in [0, 0.05) is 80.6 Å². The number of nitrogens with zero attached hydrogens (tertiary/aromatic N) is 6. The minimum Gasteiger partial charge on any atom is -0.508 e. The van der Waals surface area contributed by atoms with E-state index in [1.54, 1.807) is 11.6 Å². The van der Waals surface area contributed by atoms with E-state index in [2.05, 4.69) is 42.5 Å². The predicted octanol–water partition coefficient (Wildman–Crippen LogP) is 5.15. The van der Waals surface area contributed by atoms with Crippen molar-refractivity contribution in [2.45, 2.75) is 25.6 Å². The van der Waals surface area contributed by atoms with E-state index < -0.39 is 29.7 Å². The number of hydrogen-bond donors (Lipinski definition) is 3. The van der Waals surface area contributed by atoms with Gasteiger partial charge in [-0.05, 0) is 65.2 Å². The first kappa shape index (κ1) is 34.9. The normalized spacial score (nSPS) is 16.7. The Labute approximate surface area is 313 Å². The molecule has 5 heterocycles. The molecule has 5 aromatic rings. The van der Waals surface area contributed by atoms with Crippen LogP contribution in [0, 0.1) is 5.82 Å². The van der Waals surface area contributed by atoms with Crippen molar-refractivity contribution in [1.82, 2.24) is 25.1 Å². The SMILES string of the molecule is O=C1CCN(c2ccc(CN3CCN(c4ccc(-c5ccc6c(c5)C(=O)N(C(C(=O)Nc5nccs5)c5cc(F)ccc5O)C6)cc4)CC3)nc2)C(=O)N1. The number of rotatable bonds is 9. The highest BCUT2D eigenvalue weighted by atomic mass is 32.1. The van der Waals surface area contributed by atoms with Crippen molar-refractivity contribution in [3.8, 4) is 16.9 Å². The van der Waals surface area contributed by atoms with Crippen LogP contribution in [0.5, 0.6) is 5.75 Å². The van der Waals surface area contributed by atoms with Gasteiger partial charge in [0.05, 0.1) is 17.6 Å². The Morgan fingerprint density at radius 2 is 1.69 bits per heavy atom. The fourth-order valence-electron chi connectivity index (χ4n) is 7.10. The number of imide groups is 1. The quantitative estimate of drug-likeness (QED) is 0.186. The van der Waals surface area contributed by atoms with Crippen molar-refractivity contribution in [2.75, 3.05) is 47.8 Å². The van der Waals surface area contributed by atoms with E-state index in [0.717, 1.165) is 66.4 Å². The Morgan fingerprint density at radius 3 is 2.41 bits per heavy atom. The number of nitrogens with one attached hydrogen (secondary N) is 2. The molecule has 0 bridgehead atoms. The van der Waals surface area contributed by atoms with Gasteiger partial charge in [-0.3, -0.25) is 39.8 Å². The van der Waals surface area contributed by atoms with E-state index in [0.29, 0.717) is 29.5 Å². The molecule has 13 nitrogen and oxygen atoms in total. The highest BCUT2D eigenvalue weighted by Gasteiger charge is 2.39. The summed E-state index contributed by atoms with van der Waals surface area (Å²) >= 11 is 1.21. The number of thiazole rings is 1. The first-order valence-corrected chi connectivity index (χ1v) is 18.3. The molecule has 3 aliphatic heterocycles. The zero-order chi connectivity index (χ0) is 37.3. The van der Waals surface area contributed by atoms with E-state index >= 15 is 0 Å². The summed E-state index contributed by atoms with van der Waals surface area (Å²) in [6, 6.07) is 19.2. The summed E-state index contributed by atoms with van der Waals surface area (Å²) in [6.45, 7) is 4.49. The molecule has 2 aromatic heterocycles. The molecule has 0 saturated carbocycles. The molecule has 15 heteroatoms. The molecule has 8 rings (SSSR count). The monoisotopic (exact) mass is 746 g/mol. The lowest BCUT2D eigenvalue weighted by atomic mass is 10.00. The van der Waals surface area contributed by atoms with E-state index in [1.807, 2.05) is 42.5 Å². The number of benzene rings is 3. The third kappa shape index (κ3) is 7.10. The molecule has 0 spiro atoms. The van der Waals surface area contributed by atoms with Gasteiger partial charge in [0.15, 0.2) is 5.13 Å². The number of urea groups is 1. The number of halogens is 1. The number of fused-ring (bicyclic) bond motifs is 1. The van der Waals surface area contributed by atoms with E-state index in [-0.39, 0.29) is 30.2 Å². The zero-order valence-corrected chi connectivity index (χ0v) is 29.8. The lowest BCUT2D eigenvalue weighted by Crippen LogP contribution is -2.49. The number of aromatic hydroxyl groups is 1. The van der Waals surface area contributed by atoms with E-state index in [9.17, 15) is 28.7 Å². The third-order valence-corrected chi connectivity index (χ3v) is 10.6. The van der Waals surface area contributed by atoms with Crippen LogP contribution in [0.3, 0.4) is 0 Å². The highest BCUT2D eigenvalue weighted by Crippen LogP contribution is 2.38. The fraction of sp³-hybridized carbons (Fsp3) is 0.231. The summed E-state index contributed by atoms with van der Waals surface area (Å²) in [7, 11) is 0. The smallest absolute Gasteiger partial charge is 0.328 e. The Bertz CT molecular complexity index is 2230. The molecule has 2 fully saturated rings. The average molecular weight is 747 g/mol. The molecule has 274 valence electrons. The summed E-state index contributed by atoms with van der Waals surface area (Å²) in [5.74, 6) is -2.22. The second kappa shape index (κ2) is 14.7. The number of phenolic OH excluding ortho intramolecular Hbond substituents is 1. The van der Waals surface area contributed by atoms with Crippen LogP contribution in [0.1, 0.15) is 39.6 Å². The number of carbonyl (C=O) groups is 4. The molecule has 3 aromatic carbocycles. The maximum Gasteiger partial charge on any atom is 0.328 e. The number of aromatic nitrogens is 2. The van der Waals surface area contributed by atoms with Crippen LogP contribution >= 0.6 is 11.3 Å². The van der Waals surface area contributed by atoms with Crippen molar-refractivity contribution in [3.63, 3.8) is 0 Å². The van der Waals surface area contributed by atoms with E-state index in [4.69, 9.17) is 0 Å². The lowest BCUT2D eigenvalue weighted by molar-refractivity contribution is -0.121. The molecule has 3 aliphatic rings. The van der Waals surface area contributed by atoms with Gasteiger partial charge in [0.2, 0.25) is 5.91 Å². The van der Waals surface area contributed by atoms with Crippen LogP contribution in [-0.2, 0) is 22.7 Å². The van der Waals surface area contributed by atoms with Crippen molar-refractivity contribution >= 4 is 51.6 Å². The average Bonchev–Trinajstić information content (AvgIpc) is 3.81. The van der Waals surface area contributed by atoms with E-state index in [1.165, 1.54) is 33.4 Å². The van der Waals surface area contributed by atoms with Crippen molar-refractivity contribution < 1.29 is 28.7 Å². The molecule has 1 atom stereocenters. The van der Waals surface area contributed by atoms with Crippen molar-refractivity contribution in [3.05, 3.63) is 119 Å². The van der Waals surface area contributed by atoms with Crippen LogP contribution < -0.4 is 20.4 Å². The van der Waals surface area contributed by atoms with Gasteiger partial charge < -0.3 is 14.9 Å². The van der Waals surface area contributed by atoms with Crippen LogP contribution in [0.25, 0.3) is 11.1 Å². The number of piperazine rings is 1. The van der Waals surface area contributed by atoms with Crippen LogP contribution in [-0.4, -0.2) is 81.4 Å². The van der Waals surface area contributed by atoms with Gasteiger partial charge >= 0.3 is 6.03 Å². The van der Waals surface area contributed by atoms with Gasteiger partial charge in [-0.25, -0.2) is 14.2 Å². The summed E-state index contributed by atoms with van der Waals surface area (Å²) in [5.41, 5.74) is 5.56. The minimum atomic E-state index is -1.30. The number of anilines is 3. The number of amides is 5. The summed E-state index contributed by atoms with van der Waals surface area (Å²) in [6.07, 6.45) is 3.48. The summed E-state index contributed by atoms with van der Waals surface area (Å²) in [5, 5.41) is 17.7. The first-order chi connectivity index (χ1) is 26.2. The van der Waals surface area contributed by atoms with Crippen molar-refractivity contribution in [2.24, 2.45) is 0 Å². The molecule has 0 radical (unpaired) electrons. The second-order valence-corrected chi connectivity index (χ2v) is 14.2. The molecule has 0 aliphatic carbocycles. The largest absolute Gasteiger partial charge is 0.508 e. The Balaban J connectivity index is 0.909. The molecular formula is C39H35FN8O5S. The maximum absolute atomic E-state index is 14.4. The maximum atomic E-state index is 14.4. The summed E-state index contributed by atoms with van der Waals surface area (Å²) < 4.78 is 14.4. The van der Waals surface area contributed by atoms with Gasteiger partial charge in [-0.15, -0.1) is 11.3 Å². The molecular weight excluding hydrogens is 712 g/mol. The van der Waals surface area contributed by atoms with Crippen LogP contribution in [0.2, 0.25) is 0 Å². The van der Waals surface area contributed by atoms with Gasteiger partial charge in [0.25, 0.3) is 11.8 Å². The number of hydrogen-bond acceptors (Lipinski definition) is 10. The zero-order valence-electron chi connectivity index (χ0n) is 28.9. The topological polar surface area (TPSA) is 151 Å². The molecule has 3 N–H and O–H groups in total. The highest BCUT2D eigenvalue weighted by molar-refractivity contribution is 7.13. The summed E-state index contributed by atoms with van der Waals surface area (Å²) in [4.78, 5) is 67.3. The fourth-order valence-corrected chi connectivity index (χ4v) is 7.64. The number of carbonyl (C=O) groups excluding carboxylic acids is 4. The molecule has 1 unspecified atom stereocenters. The Kier molecular flexibility index (Phi) is 9.48. The van der Waals surface area contributed by atoms with Gasteiger partial charge in [-0.1, -0.05) is 24.3 Å². The van der Waals surface area contributed by atoms with Gasteiger partial charge in [-0.2, -0.15) is 0 Å². The molecule has 5 amide bonds. The molecule has 2 saturated heterocycles. The number of pyridine rings is 1. The van der Waals surface area contributed by atoms with Crippen molar-refractivity contribution in [1.29, 1.82) is 0 Å². The van der Waals surface area contributed by atoms with Crippen LogP contribution in [0.4, 0.5) is 25.7 Å². The standard InChI is InChI=1S/C39H35FN8O5S/c40-27-5-10-33(49)32(20-27)35(36(51)44-38-41-12-18-54-38)48-22-26-2-1-25(19-31(26)37(48)52)24-3-7-29(8-4-24)46-16-14-45(15-17-46)23-28-6-9-30(21-42-28)47-13-11-34(50)43-39(47)53/h1-10,12,18-21,35,49H,11,13-17,22-23H2,(H,41,44,51)(H,43,50,53). The first-order valence-electron chi connectivity index (χ1n) is 17.5. The Hall–Kier alpha value is -6.19.